The van der Waals surface area contributed by atoms with E-state index in [2.05, 4.69) is 6.92 Å². The van der Waals surface area contributed by atoms with E-state index in [9.17, 15) is 9.59 Å². The van der Waals surface area contributed by atoms with Crippen LogP contribution in [0.3, 0.4) is 0 Å². The maximum Gasteiger partial charge on any atom is 0.339 e. The van der Waals surface area contributed by atoms with Crippen molar-refractivity contribution < 1.29 is 23.8 Å². The standard InChI is InChI=1S/C26H42O5/c1-3-5-6-7-8-9-10-11-12-13-14-17-20-30-25(27)23-18-15-16-19-24(23)26(28)31-22-21-29-4-2/h15-16,18-19H,3-14,17,20-22H2,1-2H3. The minimum Gasteiger partial charge on any atom is -0.462 e. The fourth-order valence-corrected chi connectivity index (χ4v) is 3.44. The zero-order valence-electron chi connectivity index (χ0n) is 19.7. The monoisotopic (exact) mass is 434 g/mol. The summed E-state index contributed by atoms with van der Waals surface area (Å²) in [5.41, 5.74) is 0.488. The van der Waals surface area contributed by atoms with Crippen LogP contribution in [0.4, 0.5) is 0 Å². The Kier molecular flexibility index (Phi) is 16.5. The zero-order valence-corrected chi connectivity index (χ0v) is 19.7. The molecular formula is C26H42O5. The number of unbranched alkanes of at least 4 members (excludes halogenated alkanes) is 11. The SMILES string of the molecule is CCCCCCCCCCCCCCOC(=O)c1ccccc1C(=O)OCCOCC. The quantitative estimate of drug-likeness (QED) is 0.178. The van der Waals surface area contributed by atoms with Crippen molar-refractivity contribution >= 4 is 11.9 Å². The molecule has 0 aliphatic rings. The van der Waals surface area contributed by atoms with E-state index in [1.807, 2.05) is 6.92 Å². The van der Waals surface area contributed by atoms with Gasteiger partial charge in [0.25, 0.3) is 0 Å². The van der Waals surface area contributed by atoms with Crippen molar-refractivity contribution in [3.05, 3.63) is 35.4 Å². The Morgan fingerprint density at radius 3 is 1.55 bits per heavy atom. The lowest BCUT2D eigenvalue weighted by Gasteiger charge is -2.10. The lowest BCUT2D eigenvalue weighted by atomic mass is 10.1. The van der Waals surface area contributed by atoms with Gasteiger partial charge in [0.1, 0.15) is 6.61 Å². The van der Waals surface area contributed by atoms with Gasteiger partial charge in [0, 0.05) is 6.61 Å². The van der Waals surface area contributed by atoms with E-state index in [1.54, 1.807) is 24.3 Å². The number of benzene rings is 1. The first-order chi connectivity index (χ1) is 15.2. The number of carbonyl (C=O) groups is 2. The molecule has 0 N–H and O–H groups in total. The molecule has 0 atom stereocenters. The fourth-order valence-electron chi connectivity index (χ4n) is 3.44. The van der Waals surface area contributed by atoms with Crippen LogP contribution in [0.5, 0.6) is 0 Å². The summed E-state index contributed by atoms with van der Waals surface area (Å²) in [6.45, 7) is 5.58. The van der Waals surface area contributed by atoms with E-state index >= 15 is 0 Å². The molecule has 5 heteroatoms. The number of rotatable bonds is 19. The van der Waals surface area contributed by atoms with Crippen molar-refractivity contribution in [2.45, 2.75) is 90.9 Å². The summed E-state index contributed by atoms with van der Waals surface area (Å²) in [4.78, 5) is 24.6. The van der Waals surface area contributed by atoms with Crippen molar-refractivity contribution in [2.75, 3.05) is 26.4 Å². The second-order valence-electron chi connectivity index (χ2n) is 7.90. The van der Waals surface area contributed by atoms with Crippen LogP contribution < -0.4 is 0 Å². The third-order valence-electron chi connectivity index (χ3n) is 5.26. The van der Waals surface area contributed by atoms with E-state index in [4.69, 9.17) is 14.2 Å². The number of carbonyl (C=O) groups excluding carboxylic acids is 2. The number of ether oxygens (including phenoxy) is 3. The summed E-state index contributed by atoms with van der Waals surface area (Å²) in [7, 11) is 0. The Morgan fingerprint density at radius 1 is 0.613 bits per heavy atom. The van der Waals surface area contributed by atoms with Crippen LogP contribution in [0.25, 0.3) is 0 Å². The van der Waals surface area contributed by atoms with Crippen LogP contribution in [0.1, 0.15) is 112 Å². The van der Waals surface area contributed by atoms with Crippen LogP contribution in [-0.4, -0.2) is 38.4 Å². The molecule has 0 spiro atoms. The molecule has 0 aliphatic heterocycles. The molecule has 0 saturated heterocycles. The maximum atomic E-state index is 12.4. The maximum absolute atomic E-state index is 12.4. The fraction of sp³-hybridized carbons (Fsp3) is 0.692. The highest BCUT2D eigenvalue weighted by molar-refractivity contribution is 6.03. The largest absolute Gasteiger partial charge is 0.462 e. The predicted molar refractivity (Wildman–Crippen MR) is 125 cm³/mol. The first-order valence-electron chi connectivity index (χ1n) is 12.2. The van der Waals surface area contributed by atoms with E-state index < -0.39 is 11.9 Å². The smallest absolute Gasteiger partial charge is 0.339 e. The first-order valence-corrected chi connectivity index (χ1v) is 12.2. The molecule has 176 valence electrons. The second-order valence-corrected chi connectivity index (χ2v) is 7.90. The lowest BCUT2D eigenvalue weighted by Crippen LogP contribution is -2.16. The molecule has 0 radical (unpaired) electrons. The third kappa shape index (κ3) is 13.2. The Balaban J connectivity index is 2.15. The molecule has 0 unspecified atom stereocenters. The Bertz CT molecular complexity index is 599. The molecule has 0 amide bonds. The topological polar surface area (TPSA) is 61.8 Å². The molecule has 31 heavy (non-hydrogen) atoms. The molecule has 0 bridgehead atoms. The molecule has 1 rings (SSSR count). The lowest BCUT2D eigenvalue weighted by molar-refractivity contribution is 0.0325. The van der Waals surface area contributed by atoms with Gasteiger partial charge in [-0.15, -0.1) is 0 Å². The molecule has 0 aromatic heterocycles. The molecule has 0 aliphatic carbocycles. The van der Waals surface area contributed by atoms with Gasteiger partial charge in [-0.2, -0.15) is 0 Å². The molecular weight excluding hydrogens is 392 g/mol. The van der Waals surface area contributed by atoms with Gasteiger partial charge in [0.2, 0.25) is 0 Å². The van der Waals surface area contributed by atoms with E-state index in [0.717, 1.165) is 12.8 Å². The average Bonchev–Trinajstić information content (AvgIpc) is 2.79. The van der Waals surface area contributed by atoms with Crippen LogP contribution in [-0.2, 0) is 14.2 Å². The van der Waals surface area contributed by atoms with Crippen molar-refractivity contribution in [3.63, 3.8) is 0 Å². The molecule has 0 saturated carbocycles. The van der Waals surface area contributed by atoms with Gasteiger partial charge >= 0.3 is 11.9 Å². The van der Waals surface area contributed by atoms with Gasteiger partial charge < -0.3 is 14.2 Å². The highest BCUT2D eigenvalue weighted by atomic mass is 16.6. The van der Waals surface area contributed by atoms with Gasteiger partial charge in [-0.25, -0.2) is 9.59 Å². The number of esters is 2. The van der Waals surface area contributed by atoms with Crippen LogP contribution in [0.15, 0.2) is 24.3 Å². The van der Waals surface area contributed by atoms with Gasteiger partial charge in [0.05, 0.1) is 24.3 Å². The Labute approximate surface area is 188 Å². The summed E-state index contributed by atoms with van der Waals surface area (Å²) >= 11 is 0. The van der Waals surface area contributed by atoms with Gasteiger partial charge in [-0.05, 0) is 25.5 Å². The van der Waals surface area contributed by atoms with Crippen molar-refractivity contribution in [3.8, 4) is 0 Å². The van der Waals surface area contributed by atoms with Crippen LogP contribution in [0.2, 0.25) is 0 Å². The van der Waals surface area contributed by atoms with Gasteiger partial charge in [-0.3, -0.25) is 0 Å². The van der Waals surface area contributed by atoms with E-state index in [0.29, 0.717) is 19.8 Å². The zero-order chi connectivity index (χ0) is 22.6. The number of hydrogen-bond acceptors (Lipinski definition) is 5. The highest BCUT2D eigenvalue weighted by Crippen LogP contribution is 2.14. The minimum absolute atomic E-state index is 0.162. The minimum atomic E-state index is -0.530. The summed E-state index contributed by atoms with van der Waals surface area (Å²) in [6, 6.07) is 6.62. The number of hydrogen-bond donors (Lipinski definition) is 0. The molecule has 0 heterocycles. The van der Waals surface area contributed by atoms with Crippen molar-refractivity contribution in [2.24, 2.45) is 0 Å². The summed E-state index contributed by atoms with van der Waals surface area (Å²) in [5, 5.41) is 0. The van der Waals surface area contributed by atoms with Crippen molar-refractivity contribution in [1.82, 2.24) is 0 Å². The van der Waals surface area contributed by atoms with Crippen molar-refractivity contribution in [1.29, 1.82) is 0 Å². The highest BCUT2D eigenvalue weighted by Gasteiger charge is 2.18. The molecule has 0 fully saturated rings. The molecule has 1 aromatic carbocycles. The Hall–Kier alpha value is -1.88. The molecule has 5 nitrogen and oxygen atoms in total. The second kappa shape index (κ2) is 18.9. The van der Waals surface area contributed by atoms with E-state index in [1.165, 1.54) is 64.2 Å². The van der Waals surface area contributed by atoms with Crippen LogP contribution >= 0.6 is 0 Å². The van der Waals surface area contributed by atoms with Crippen LogP contribution in [0, 0.1) is 0 Å². The normalized spacial score (nSPS) is 10.8. The first kappa shape index (κ1) is 27.2. The summed E-state index contributed by atoms with van der Waals surface area (Å²) in [6.07, 6.45) is 15.1. The average molecular weight is 435 g/mol. The van der Waals surface area contributed by atoms with E-state index in [-0.39, 0.29) is 17.7 Å². The third-order valence-corrected chi connectivity index (χ3v) is 5.26. The molecule has 1 aromatic rings. The Morgan fingerprint density at radius 2 is 1.06 bits per heavy atom. The van der Waals surface area contributed by atoms with Gasteiger partial charge in [0.15, 0.2) is 0 Å². The summed E-state index contributed by atoms with van der Waals surface area (Å²) < 4.78 is 15.7. The predicted octanol–water partition coefficient (Wildman–Crippen LogP) is 6.74. The van der Waals surface area contributed by atoms with Gasteiger partial charge in [-0.1, -0.05) is 89.7 Å². The summed E-state index contributed by atoms with van der Waals surface area (Å²) in [5.74, 6) is -1.00.